The van der Waals surface area contributed by atoms with E-state index in [1.807, 2.05) is 0 Å². The van der Waals surface area contributed by atoms with Crippen molar-refractivity contribution in [1.29, 1.82) is 0 Å². The van der Waals surface area contributed by atoms with Crippen molar-refractivity contribution in [2.75, 3.05) is 26.3 Å². The lowest BCUT2D eigenvalue weighted by molar-refractivity contribution is 0.0705. The Hall–Kier alpha value is -0.120. The van der Waals surface area contributed by atoms with Crippen LogP contribution in [0.5, 0.6) is 0 Å². The topological polar surface area (TPSA) is 33.3 Å². The van der Waals surface area contributed by atoms with Crippen molar-refractivity contribution < 1.29 is 4.74 Å². The summed E-state index contributed by atoms with van der Waals surface area (Å²) in [6.07, 6.45) is 2.46. The van der Waals surface area contributed by atoms with Gasteiger partial charge in [-0.15, -0.1) is 0 Å². The van der Waals surface area contributed by atoms with Crippen molar-refractivity contribution in [2.45, 2.75) is 45.2 Å². The zero-order valence-corrected chi connectivity index (χ0v) is 9.73. The first-order valence-corrected chi connectivity index (χ1v) is 5.64. The smallest absolute Gasteiger partial charge is 0.0619 e. The zero-order chi connectivity index (χ0) is 10.4. The van der Waals surface area contributed by atoms with Crippen molar-refractivity contribution in [1.82, 2.24) is 10.6 Å². The van der Waals surface area contributed by atoms with Crippen molar-refractivity contribution in [3.05, 3.63) is 0 Å². The lowest BCUT2D eigenvalue weighted by atomic mass is 10.1. The van der Waals surface area contributed by atoms with Crippen LogP contribution in [0.4, 0.5) is 0 Å². The quantitative estimate of drug-likeness (QED) is 0.668. The van der Waals surface area contributed by atoms with E-state index in [1.165, 1.54) is 12.8 Å². The van der Waals surface area contributed by atoms with Gasteiger partial charge in [0, 0.05) is 31.3 Å². The van der Waals surface area contributed by atoms with Gasteiger partial charge in [0.1, 0.15) is 0 Å². The van der Waals surface area contributed by atoms with Crippen LogP contribution in [0.2, 0.25) is 0 Å². The average molecular weight is 200 g/mol. The molecule has 0 aromatic carbocycles. The molecule has 1 saturated heterocycles. The average Bonchev–Trinajstić information content (AvgIpc) is 2.13. The van der Waals surface area contributed by atoms with Gasteiger partial charge in [-0.3, -0.25) is 0 Å². The van der Waals surface area contributed by atoms with Gasteiger partial charge in [0.05, 0.1) is 6.61 Å². The summed E-state index contributed by atoms with van der Waals surface area (Å²) in [7, 11) is 0. The van der Waals surface area contributed by atoms with Crippen molar-refractivity contribution in [3.63, 3.8) is 0 Å². The van der Waals surface area contributed by atoms with Gasteiger partial charge < -0.3 is 15.4 Å². The summed E-state index contributed by atoms with van der Waals surface area (Å²) in [6, 6.07) is 0.575. The highest BCUT2D eigenvalue weighted by atomic mass is 16.5. The first-order chi connectivity index (χ1) is 6.58. The van der Waals surface area contributed by atoms with Crippen LogP contribution in [0, 0.1) is 0 Å². The highest BCUT2D eigenvalue weighted by Crippen LogP contribution is 2.05. The molecular formula is C11H24N2O. The minimum absolute atomic E-state index is 0.227. The number of rotatable bonds is 4. The molecule has 14 heavy (non-hydrogen) atoms. The second kappa shape index (κ2) is 5.69. The molecule has 0 aliphatic carbocycles. The van der Waals surface area contributed by atoms with Gasteiger partial charge >= 0.3 is 0 Å². The molecule has 0 aromatic heterocycles. The van der Waals surface area contributed by atoms with Gasteiger partial charge in [-0.25, -0.2) is 0 Å². The van der Waals surface area contributed by atoms with Crippen LogP contribution in [-0.4, -0.2) is 37.9 Å². The Morgan fingerprint density at radius 2 is 2.07 bits per heavy atom. The normalized spacial score (nSPS) is 23.8. The molecule has 0 saturated carbocycles. The van der Waals surface area contributed by atoms with E-state index in [4.69, 9.17) is 4.74 Å². The molecule has 2 N–H and O–H groups in total. The van der Waals surface area contributed by atoms with E-state index in [0.717, 1.165) is 26.3 Å². The molecule has 84 valence electrons. The van der Waals surface area contributed by atoms with Crippen molar-refractivity contribution in [2.24, 2.45) is 0 Å². The third-order valence-corrected chi connectivity index (χ3v) is 2.37. The number of ether oxygens (including phenoxy) is 1. The standard InChI is InChI=1S/C11H24N2O/c1-11(2,3)13-7-6-12-10-5-4-8-14-9-10/h10,12-13H,4-9H2,1-3H3. The van der Waals surface area contributed by atoms with Crippen LogP contribution < -0.4 is 10.6 Å². The van der Waals surface area contributed by atoms with Gasteiger partial charge in [-0.2, -0.15) is 0 Å². The predicted octanol–water partition coefficient (Wildman–Crippen LogP) is 1.14. The summed E-state index contributed by atoms with van der Waals surface area (Å²) in [5.41, 5.74) is 0.227. The Morgan fingerprint density at radius 1 is 1.29 bits per heavy atom. The van der Waals surface area contributed by atoms with Crippen LogP contribution in [0.25, 0.3) is 0 Å². The molecule has 3 nitrogen and oxygen atoms in total. The Kier molecular flexibility index (Phi) is 4.85. The van der Waals surface area contributed by atoms with E-state index in [0.29, 0.717) is 6.04 Å². The Labute approximate surface area is 87.6 Å². The van der Waals surface area contributed by atoms with Gasteiger partial charge in [-0.1, -0.05) is 0 Å². The maximum Gasteiger partial charge on any atom is 0.0619 e. The molecule has 1 fully saturated rings. The lowest BCUT2D eigenvalue weighted by Gasteiger charge is -2.25. The summed E-state index contributed by atoms with van der Waals surface area (Å²) in [5, 5.41) is 6.96. The molecular weight excluding hydrogens is 176 g/mol. The van der Waals surface area contributed by atoms with E-state index in [2.05, 4.69) is 31.4 Å². The number of nitrogens with one attached hydrogen (secondary N) is 2. The van der Waals surface area contributed by atoms with E-state index in [9.17, 15) is 0 Å². The Bertz CT molecular complexity index is 148. The second-order valence-electron chi connectivity index (χ2n) is 5.04. The summed E-state index contributed by atoms with van der Waals surface area (Å²) >= 11 is 0. The first-order valence-electron chi connectivity index (χ1n) is 5.64. The highest BCUT2D eigenvalue weighted by molar-refractivity contribution is 4.73. The monoisotopic (exact) mass is 200 g/mol. The lowest BCUT2D eigenvalue weighted by Crippen LogP contribution is -2.44. The summed E-state index contributed by atoms with van der Waals surface area (Å²) < 4.78 is 5.40. The third kappa shape index (κ3) is 5.58. The Balaban J connectivity index is 1.97. The fraction of sp³-hybridized carbons (Fsp3) is 1.00. The molecule has 1 heterocycles. The van der Waals surface area contributed by atoms with Crippen LogP contribution in [0.1, 0.15) is 33.6 Å². The maximum atomic E-state index is 5.40. The number of hydrogen-bond donors (Lipinski definition) is 2. The van der Waals surface area contributed by atoms with Gasteiger partial charge in [0.15, 0.2) is 0 Å². The molecule has 1 aliphatic rings. The fourth-order valence-electron chi connectivity index (χ4n) is 1.62. The Morgan fingerprint density at radius 3 is 2.64 bits per heavy atom. The molecule has 1 aliphatic heterocycles. The first kappa shape index (κ1) is 12.0. The van der Waals surface area contributed by atoms with Crippen LogP contribution in [-0.2, 0) is 4.74 Å². The maximum absolute atomic E-state index is 5.40. The molecule has 0 bridgehead atoms. The van der Waals surface area contributed by atoms with Gasteiger partial charge in [0.2, 0.25) is 0 Å². The van der Waals surface area contributed by atoms with E-state index in [-0.39, 0.29) is 5.54 Å². The van der Waals surface area contributed by atoms with E-state index in [1.54, 1.807) is 0 Å². The SMILES string of the molecule is CC(C)(C)NCCNC1CCCOC1. The second-order valence-corrected chi connectivity index (χ2v) is 5.04. The predicted molar refractivity (Wildman–Crippen MR) is 59.6 cm³/mol. The minimum Gasteiger partial charge on any atom is -0.380 e. The van der Waals surface area contributed by atoms with Crippen LogP contribution in [0.3, 0.4) is 0 Å². The van der Waals surface area contributed by atoms with Gasteiger partial charge in [0.25, 0.3) is 0 Å². The molecule has 0 amide bonds. The number of hydrogen-bond acceptors (Lipinski definition) is 3. The third-order valence-electron chi connectivity index (χ3n) is 2.37. The van der Waals surface area contributed by atoms with Gasteiger partial charge in [-0.05, 0) is 33.6 Å². The summed E-state index contributed by atoms with van der Waals surface area (Å²) in [6.45, 7) is 10.5. The molecule has 0 radical (unpaired) electrons. The molecule has 1 atom stereocenters. The fourth-order valence-corrected chi connectivity index (χ4v) is 1.62. The van der Waals surface area contributed by atoms with Crippen molar-refractivity contribution in [3.8, 4) is 0 Å². The summed E-state index contributed by atoms with van der Waals surface area (Å²) in [4.78, 5) is 0. The molecule has 3 heteroatoms. The summed E-state index contributed by atoms with van der Waals surface area (Å²) in [5.74, 6) is 0. The largest absolute Gasteiger partial charge is 0.380 e. The van der Waals surface area contributed by atoms with Crippen molar-refractivity contribution >= 4 is 0 Å². The van der Waals surface area contributed by atoms with Crippen LogP contribution >= 0.6 is 0 Å². The van der Waals surface area contributed by atoms with E-state index < -0.39 is 0 Å². The van der Waals surface area contributed by atoms with E-state index >= 15 is 0 Å². The highest BCUT2D eigenvalue weighted by Gasteiger charge is 2.13. The zero-order valence-electron chi connectivity index (χ0n) is 9.73. The molecule has 1 rings (SSSR count). The molecule has 1 unspecified atom stereocenters. The molecule has 0 spiro atoms. The minimum atomic E-state index is 0.227. The van der Waals surface area contributed by atoms with Crippen LogP contribution in [0.15, 0.2) is 0 Å². The molecule has 0 aromatic rings.